The summed E-state index contributed by atoms with van der Waals surface area (Å²) < 4.78 is 25.3. The third-order valence-electron chi connectivity index (χ3n) is 3.51. The van der Waals surface area contributed by atoms with E-state index in [0.717, 1.165) is 17.1 Å². The second-order valence-electron chi connectivity index (χ2n) is 5.17. The molecule has 6 nitrogen and oxygen atoms in total. The lowest BCUT2D eigenvalue weighted by Gasteiger charge is -2.19. The number of fused-ring (bicyclic) bond motifs is 1. The van der Waals surface area contributed by atoms with Crippen LogP contribution in [0.2, 0.25) is 0 Å². The summed E-state index contributed by atoms with van der Waals surface area (Å²) in [7, 11) is -3.82. The van der Waals surface area contributed by atoms with E-state index in [9.17, 15) is 18.3 Å². The predicted octanol–water partition coefficient (Wildman–Crippen LogP) is -0.0560. The first-order chi connectivity index (χ1) is 9.50. The Labute approximate surface area is 117 Å². The minimum Gasteiger partial charge on any atom is -0.390 e. The molecule has 2 N–H and O–H groups in total. The van der Waals surface area contributed by atoms with Gasteiger partial charge >= 0.3 is 0 Å². The Morgan fingerprint density at radius 3 is 2.70 bits per heavy atom. The van der Waals surface area contributed by atoms with E-state index in [-0.39, 0.29) is 17.0 Å². The fraction of sp³-hybridized carbons (Fsp3) is 0.462. The molecule has 108 valence electrons. The molecule has 1 fully saturated rings. The van der Waals surface area contributed by atoms with Crippen molar-refractivity contribution in [2.45, 2.75) is 29.9 Å². The van der Waals surface area contributed by atoms with Gasteiger partial charge in [0.15, 0.2) is 0 Å². The Balaban J connectivity index is 1.75. The molecule has 3 rings (SSSR count). The van der Waals surface area contributed by atoms with Crippen molar-refractivity contribution in [2.24, 2.45) is 0 Å². The molecule has 1 unspecified atom stereocenters. The summed E-state index contributed by atoms with van der Waals surface area (Å²) in [6.45, 7) is 0.0792. The van der Waals surface area contributed by atoms with Crippen LogP contribution in [0.1, 0.15) is 23.2 Å². The van der Waals surface area contributed by atoms with Crippen molar-refractivity contribution >= 4 is 15.9 Å². The lowest BCUT2D eigenvalue weighted by atomic mass is 10.2. The first kappa shape index (κ1) is 13.5. The van der Waals surface area contributed by atoms with Gasteiger partial charge in [-0.1, -0.05) is 12.1 Å². The van der Waals surface area contributed by atoms with Crippen molar-refractivity contribution in [1.29, 1.82) is 0 Å². The molecule has 1 aliphatic heterocycles. The Morgan fingerprint density at radius 2 is 2.05 bits per heavy atom. The average Bonchev–Trinajstić information content (AvgIpc) is 3.23. The van der Waals surface area contributed by atoms with E-state index in [0.29, 0.717) is 12.6 Å². The van der Waals surface area contributed by atoms with Crippen LogP contribution in [0, 0.1) is 0 Å². The van der Waals surface area contributed by atoms with E-state index in [1.165, 1.54) is 12.1 Å². The lowest BCUT2D eigenvalue weighted by molar-refractivity contribution is 0.0792. The molecule has 1 aliphatic carbocycles. The topological polar surface area (TPSA) is 86.7 Å². The summed E-state index contributed by atoms with van der Waals surface area (Å²) in [6, 6.07) is 6.54. The molecule has 1 atom stereocenters. The van der Waals surface area contributed by atoms with Crippen molar-refractivity contribution in [3.63, 3.8) is 0 Å². The smallest absolute Gasteiger partial charge is 0.269 e. The van der Waals surface area contributed by atoms with Crippen LogP contribution in [0.3, 0.4) is 0 Å². The number of nitrogens with zero attached hydrogens (tertiary/aromatic N) is 1. The molecule has 0 bridgehead atoms. The molecule has 1 aromatic rings. The molecule has 0 radical (unpaired) electrons. The number of aliphatic hydroxyl groups excluding tert-OH is 1. The number of carbonyl (C=O) groups excluding carboxylic acids is 1. The van der Waals surface area contributed by atoms with E-state index in [2.05, 4.69) is 5.32 Å². The molecule has 20 heavy (non-hydrogen) atoms. The molecule has 2 aliphatic rings. The number of β-amino-alcohol motifs (C(OH)–C–C–N with tert-alkyl or cyclic N) is 1. The number of carbonyl (C=O) groups is 1. The highest BCUT2D eigenvalue weighted by Gasteiger charge is 2.41. The van der Waals surface area contributed by atoms with Crippen LogP contribution < -0.4 is 5.32 Å². The summed E-state index contributed by atoms with van der Waals surface area (Å²) in [5.74, 6) is -0.564. The zero-order valence-corrected chi connectivity index (χ0v) is 11.6. The second-order valence-corrected chi connectivity index (χ2v) is 7.00. The number of aliphatic hydroxyl groups is 1. The summed E-state index contributed by atoms with van der Waals surface area (Å²) in [6.07, 6.45) is 1.27. The van der Waals surface area contributed by atoms with Crippen LogP contribution in [0.4, 0.5) is 0 Å². The van der Waals surface area contributed by atoms with Crippen LogP contribution in [-0.2, 0) is 10.0 Å². The number of rotatable bonds is 5. The lowest BCUT2D eigenvalue weighted by Crippen LogP contribution is -2.41. The van der Waals surface area contributed by atoms with E-state index in [1.807, 2.05) is 0 Å². The largest absolute Gasteiger partial charge is 0.390 e. The Kier molecular flexibility index (Phi) is 3.27. The summed E-state index contributed by atoms with van der Waals surface area (Å²) in [5.41, 5.74) is 0.176. The van der Waals surface area contributed by atoms with Crippen LogP contribution in [0.15, 0.2) is 29.2 Å². The molecule has 7 heteroatoms. The van der Waals surface area contributed by atoms with Crippen molar-refractivity contribution in [1.82, 2.24) is 9.62 Å². The monoisotopic (exact) mass is 296 g/mol. The number of sulfonamides is 1. The molecule has 0 saturated heterocycles. The Morgan fingerprint density at radius 1 is 1.35 bits per heavy atom. The number of hydrogen-bond donors (Lipinski definition) is 2. The quantitative estimate of drug-likeness (QED) is 0.795. The van der Waals surface area contributed by atoms with Crippen LogP contribution in [-0.4, -0.2) is 49.0 Å². The Hall–Kier alpha value is -1.44. The van der Waals surface area contributed by atoms with Gasteiger partial charge in [0.25, 0.3) is 15.9 Å². The maximum Gasteiger partial charge on any atom is 0.269 e. The van der Waals surface area contributed by atoms with Gasteiger partial charge in [-0.3, -0.25) is 4.79 Å². The first-order valence-electron chi connectivity index (χ1n) is 6.57. The normalized spacial score (nSPS) is 21.9. The maximum atomic E-state index is 12.3. The minimum absolute atomic E-state index is 0.0207. The van der Waals surface area contributed by atoms with Gasteiger partial charge in [-0.05, 0) is 25.0 Å². The number of amides is 1. The van der Waals surface area contributed by atoms with E-state index < -0.39 is 22.0 Å². The number of nitrogens with one attached hydrogen (secondary N) is 1. The summed E-state index contributed by atoms with van der Waals surface area (Å²) in [5, 5.41) is 13.0. The van der Waals surface area contributed by atoms with Gasteiger partial charge in [-0.2, -0.15) is 0 Å². The fourth-order valence-corrected chi connectivity index (χ4v) is 3.86. The summed E-state index contributed by atoms with van der Waals surface area (Å²) >= 11 is 0. The molecule has 0 aromatic heterocycles. The van der Waals surface area contributed by atoms with Crippen LogP contribution in [0.25, 0.3) is 0 Å². The van der Waals surface area contributed by atoms with E-state index in [1.54, 1.807) is 12.1 Å². The van der Waals surface area contributed by atoms with E-state index >= 15 is 0 Å². The highest BCUT2D eigenvalue weighted by Crippen LogP contribution is 2.29. The van der Waals surface area contributed by atoms with Gasteiger partial charge in [0, 0.05) is 12.6 Å². The van der Waals surface area contributed by atoms with Crippen molar-refractivity contribution in [3.8, 4) is 0 Å². The number of hydrogen-bond acceptors (Lipinski definition) is 5. The summed E-state index contributed by atoms with van der Waals surface area (Å²) in [4.78, 5) is 12.1. The Bertz CT molecular complexity index is 640. The third kappa shape index (κ3) is 2.32. The third-order valence-corrected chi connectivity index (χ3v) is 5.32. The van der Waals surface area contributed by atoms with Crippen molar-refractivity contribution in [2.75, 3.05) is 13.1 Å². The standard InChI is InChI=1S/C13H16N2O4S/c16-10(7-14-9-5-6-9)8-15-13(17)11-3-1-2-4-12(11)20(15,18)19/h1-4,9-10,14,16H,5-8H2. The van der Waals surface area contributed by atoms with Gasteiger partial charge in [-0.15, -0.1) is 0 Å². The van der Waals surface area contributed by atoms with Crippen LogP contribution in [0.5, 0.6) is 0 Å². The van der Waals surface area contributed by atoms with Gasteiger partial charge in [0.2, 0.25) is 0 Å². The van der Waals surface area contributed by atoms with Gasteiger partial charge < -0.3 is 10.4 Å². The SMILES string of the molecule is O=C1c2ccccc2S(=O)(=O)N1CC(O)CNC1CC1. The molecular formula is C13H16N2O4S. The van der Waals surface area contributed by atoms with Crippen LogP contribution >= 0.6 is 0 Å². The minimum atomic E-state index is -3.82. The molecule has 1 amide bonds. The maximum absolute atomic E-state index is 12.3. The van der Waals surface area contributed by atoms with Gasteiger partial charge in [-0.25, -0.2) is 12.7 Å². The molecule has 1 heterocycles. The molecule has 1 aromatic carbocycles. The zero-order valence-electron chi connectivity index (χ0n) is 10.8. The highest BCUT2D eigenvalue weighted by molar-refractivity contribution is 7.90. The zero-order chi connectivity index (χ0) is 14.3. The van der Waals surface area contributed by atoms with Gasteiger partial charge in [0.1, 0.15) is 4.90 Å². The average molecular weight is 296 g/mol. The molecule has 1 saturated carbocycles. The fourth-order valence-electron chi connectivity index (χ4n) is 2.26. The van der Waals surface area contributed by atoms with Crippen molar-refractivity contribution < 1.29 is 18.3 Å². The first-order valence-corrected chi connectivity index (χ1v) is 8.01. The molecular weight excluding hydrogens is 280 g/mol. The highest BCUT2D eigenvalue weighted by atomic mass is 32.2. The van der Waals surface area contributed by atoms with E-state index in [4.69, 9.17) is 0 Å². The number of benzene rings is 1. The van der Waals surface area contributed by atoms with Crippen molar-refractivity contribution in [3.05, 3.63) is 29.8 Å². The predicted molar refractivity (Wildman–Crippen MR) is 71.7 cm³/mol. The molecule has 0 spiro atoms. The second kappa shape index (κ2) is 4.83. The van der Waals surface area contributed by atoms with Gasteiger partial charge in [0.05, 0.1) is 18.2 Å².